The minimum absolute atomic E-state index is 0.674. The van der Waals surface area contributed by atoms with E-state index in [-0.39, 0.29) is 0 Å². The van der Waals surface area contributed by atoms with Crippen LogP contribution in [0.15, 0.2) is 61.2 Å². The molecular formula is C16H13N5. The topological polar surface area (TPSA) is 66.5 Å². The molecule has 3 aromatic rings. The number of hydrogen-bond donors (Lipinski definition) is 1. The summed E-state index contributed by atoms with van der Waals surface area (Å²) in [7, 11) is 0. The van der Waals surface area contributed by atoms with Gasteiger partial charge in [0.2, 0.25) is 0 Å². The average molecular weight is 275 g/mol. The van der Waals surface area contributed by atoms with E-state index >= 15 is 0 Å². The molecule has 1 aromatic heterocycles. The monoisotopic (exact) mass is 275 g/mol. The van der Waals surface area contributed by atoms with Crippen molar-refractivity contribution in [3.05, 3.63) is 72.3 Å². The predicted octanol–water partition coefficient (Wildman–Crippen LogP) is 2.75. The first-order valence-electron chi connectivity index (χ1n) is 6.53. The zero-order valence-corrected chi connectivity index (χ0v) is 11.3. The Morgan fingerprint density at radius 1 is 1.05 bits per heavy atom. The Morgan fingerprint density at radius 3 is 2.52 bits per heavy atom. The van der Waals surface area contributed by atoms with Gasteiger partial charge in [-0.25, -0.2) is 0 Å². The van der Waals surface area contributed by atoms with Crippen molar-refractivity contribution in [2.75, 3.05) is 5.32 Å². The van der Waals surface area contributed by atoms with Crippen molar-refractivity contribution < 1.29 is 0 Å². The molecule has 5 heteroatoms. The van der Waals surface area contributed by atoms with Crippen LogP contribution in [-0.4, -0.2) is 14.8 Å². The van der Waals surface area contributed by atoms with Crippen LogP contribution in [0.1, 0.15) is 11.1 Å². The highest BCUT2D eigenvalue weighted by Gasteiger charge is 1.99. The molecule has 3 rings (SSSR count). The highest BCUT2D eigenvalue weighted by atomic mass is 15.2. The van der Waals surface area contributed by atoms with Gasteiger partial charge in [-0.1, -0.05) is 18.2 Å². The molecule has 0 atom stereocenters. The van der Waals surface area contributed by atoms with E-state index in [1.54, 1.807) is 12.7 Å². The fourth-order valence-corrected chi connectivity index (χ4v) is 2.01. The fourth-order valence-electron chi connectivity index (χ4n) is 2.01. The molecule has 1 N–H and O–H groups in total. The molecule has 0 aliphatic carbocycles. The van der Waals surface area contributed by atoms with Crippen molar-refractivity contribution in [1.29, 1.82) is 5.26 Å². The normalized spacial score (nSPS) is 10.0. The Balaban J connectivity index is 1.70. The molecule has 0 aliphatic rings. The van der Waals surface area contributed by atoms with Crippen LogP contribution in [0.4, 0.5) is 5.69 Å². The lowest BCUT2D eigenvalue weighted by Crippen LogP contribution is -2.00. The Hall–Kier alpha value is -3.13. The van der Waals surface area contributed by atoms with Crippen LogP contribution in [0.3, 0.4) is 0 Å². The lowest BCUT2D eigenvalue weighted by atomic mass is 10.1. The fraction of sp³-hybridized carbons (Fsp3) is 0.0625. The summed E-state index contributed by atoms with van der Waals surface area (Å²) in [5.74, 6) is 0. The number of nitriles is 1. The number of anilines is 1. The summed E-state index contributed by atoms with van der Waals surface area (Å²) in [5.41, 5.74) is 3.83. The summed E-state index contributed by atoms with van der Waals surface area (Å²) in [6.07, 6.45) is 3.33. The van der Waals surface area contributed by atoms with Gasteiger partial charge in [-0.15, -0.1) is 10.2 Å². The zero-order valence-electron chi connectivity index (χ0n) is 11.3. The molecule has 0 saturated heterocycles. The third-order valence-corrected chi connectivity index (χ3v) is 3.14. The Morgan fingerprint density at radius 2 is 1.81 bits per heavy atom. The van der Waals surface area contributed by atoms with E-state index in [4.69, 9.17) is 5.26 Å². The van der Waals surface area contributed by atoms with Crippen LogP contribution < -0.4 is 5.32 Å². The first kappa shape index (κ1) is 12.9. The third kappa shape index (κ3) is 3.07. The Kier molecular flexibility index (Phi) is 3.61. The minimum Gasteiger partial charge on any atom is -0.381 e. The van der Waals surface area contributed by atoms with Gasteiger partial charge in [0, 0.05) is 12.2 Å². The molecule has 21 heavy (non-hydrogen) atoms. The highest BCUT2D eigenvalue weighted by molar-refractivity contribution is 5.51. The van der Waals surface area contributed by atoms with Crippen molar-refractivity contribution in [3.63, 3.8) is 0 Å². The first-order chi connectivity index (χ1) is 10.3. The summed E-state index contributed by atoms with van der Waals surface area (Å²) in [4.78, 5) is 0. The molecule has 0 bridgehead atoms. The number of nitrogens with one attached hydrogen (secondary N) is 1. The van der Waals surface area contributed by atoms with Crippen molar-refractivity contribution in [1.82, 2.24) is 14.8 Å². The summed E-state index contributed by atoms with van der Waals surface area (Å²) >= 11 is 0. The van der Waals surface area contributed by atoms with Crippen LogP contribution >= 0.6 is 0 Å². The minimum atomic E-state index is 0.674. The van der Waals surface area contributed by atoms with Gasteiger partial charge in [-0.2, -0.15) is 5.26 Å². The summed E-state index contributed by atoms with van der Waals surface area (Å²) in [5, 5.41) is 19.8. The second-order valence-electron chi connectivity index (χ2n) is 4.58. The van der Waals surface area contributed by atoms with Gasteiger partial charge >= 0.3 is 0 Å². The predicted molar refractivity (Wildman–Crippen MR) is 79.8 cm³/mol. The third-order valence-electron chi connectivity index (χ3n) is 3.14. The Labute approximate surface area is 122 Å². The van der Waals surface area contributed by atoms with E-state index in [1.165, 1.54) is 0 Å². The van der Waals surface area contributed by atoms with Gasteiger partial charge in [-0.05, 0) is 35.9 Å². The van der Waals surface area contributed by atoms with Gasteiger partial charge in [0.1, 0.15) is 12.7 Å². The number of hydrogen-bond acceptors (Lipinski definition) is 4. The van der Waals surface area contributed by atoms with Gasteiger partial charge in [0.25, 0.3) is 0 Å². The van der Waals surface area contributed by atoms with E-state index in [9.17, 15) is 0 Å². The van der Waals surface area contributed by atoms with E-state index in [0.717, 1.165) is 16.9 Å². The maximum Gasteiger partial charge on any atom is 0.123 e. The lowest BCUT2D eigenvalue weighted by Gasteiger charge is -2.09. The van der Waals surface area contributed by atoms with Crippen molar-refractivity contribution in [2.45, 2.75) is 6.54 Å². The molecule has 0 unspecified atom stereocenters. The molecule has 0 fully saturated rings. The van der Waals surface area contributed by atoms with Crippen molar-refractivity contribution in [3.8, 4) is 11.8 Å². The molecule has 2 aromatic carbocycles. The van der Waals surface area contributed by atoms with Crippen LogP contribution in [0, 0.1) is 11.3 Å². The standard InChI is InChI=1S/C16H13N5/c17-9-13-4-6-14(7-5-13)10-18-15-2-1-3-16(8-15)21-11-19-20-12-21/h1-8,11-12,18H,10H2. The van der Waals surface area contributed by atoms with E-state index in [0.29, 0.717) is 12.1 Å². The molecule has 0 radical (unpaired) electrons. The average Bonchev–Trinajstić information content (AvgIpc) is 3.08. The second-order valence-corrected chi connectivity index (χ2v) is 4.58. The lowest BCUT2D eigenvalue weighted by molar-refractivity contribution is 1.05. The van der Waals surface area contributed by atoms with Gasteiger partial charge in [0.05, 0.1) is 17.3 Å². The van der Waals surface area contributed by atoms with Crippen molar-refractivity contribution in [2.24, 2.45) is 0 Å². The first-order valence-corrected chi connectivity index (χ1v) is 6.53. The molecule has 102 valence electrons. The van der Waals surface area contributed by atoms with E-state index in [2.05, 4.69) is 21.6 Å². The quantitative estimate of drug-likeness (QED) is 0.795. The smallest absolute Gasteiger partial charge is 0.123 e. The molecule has 0 amide bonds. The number of benzene rings is 2. The van der Waals surface area contributed by atoms with Crippen LogP contribution in [0.5, 0.6) is 0 Å². The van der Waals surface area contributed by atoms with E-state index in [1.807, 2.05) is 53.1 Å². The maximum atomic E-state index is 8.78. The van der Waals surface area contributed by atoms with Crippen LogP contribution in [-0.2, 0) is 6.54 Å². The van der Waals surface area contributed by atoms with Crippen LogP contribution in [0.2, 0.25) is 0 Å². The zero-order chi connectivity index (χ0) is 14.5. The molecule has 5 nitrogen and oxygen atoms in total. The highest BCUT2D eigenvalue weighted by Crippen LogP contribution is 2.15. The largest absolute Gasteiger partial charge is 0.381 e. The van der Waals surface area contributed by atoms with Gasteiger partial charge in [0.15, 0.2) is 0 Å². The summed E-state index contributed by atoms with van der Waals surface area (Å²) in [6.45, 7) is 0.706. The molecule has 0 saturated carbocycles. The molecule has 0 spiro atoms. The van der Waals surface area contributed by atoms with Gasteiger partial charge < -0.3 is 5.32 Å². The van der Waals surface area contributed by atoms with Crippen molar-refractivity contribution >= 4 is 5.69 Å². The maximum absolute atomic E-state index is 8.78. The Bertz CT molecular complexity index is 754. The van der Waals surface area contributed by atoms with E-state index < -0.39 is 0 Å². The number of aromatic nitrogens is 3. The molecule has 0 aliphatic heterocycles. The molecular weight excluding hydrogens is 262 g/mol. The second kappa shape index (κ2) is 5.88. The van der Waals surface area contributed by atoms with Crippen LogP contribution in [0.25, 0.3) is 5.69 Å². The number of nitrogens with zero attached hydrogens (tertiary/aromatic N) is 4. The summed E-state index contributed by atoms with van der Waals surface area (Å²) in [6, 6.07) is 17.7. The number of rotatable bonds is 4. The van der Waals surface area contributed by atoms with Gasteiger partial charge in [-0.3, -0.25) is 4.57 Å². The molecule has 1 heterocycles. The summed E-state index contributed by atoms with van der Waals surface area (Å²) < 4.78 is 1.85. The SMILES string of the molecule is N#Cc1ccc(CNc2cccc(-n3cnnc3)c2)cc1.